The fourth-order valence-electron chi connectivity index (χ4n) is 2.77. The molecular formula is C22H27F3N2O6S2. The van der Waals surface area contributed by atoms with Gasteiger partial charge in [-0.1, -0.05) is 39.0 Å². The number of sulfone groups is 1. The summed E-state index contributed by atoms with van der Waals surface area (Å²) in [6, 6.07) is 8.46. The van der Waals surface area contributed by atoms with Gasteiger partial charge in [0.05, 0.1) is 20.2 Å². The largest absolute Gasteiger partial charge is 0.445 e. The number of carbonyl (C=O) groups is 1. The summed E-state index contributed by atoms with van der Waals surface area (Å²) in [6.07, 6.45) is -6.93. The van der Waals surface area contributed by atoms with E-state index in [1.165, 1.54) is 31.2 Å². The molecule has 0 bridgehead atoms. The number of ether oxygens (including phenoxy) is 1. The molecule has 8 nitrogen and oxygen atoms in total. The Morgan fingerprint density at radius 1 is 0.971 bits per heavy atom. The predicted molar refractivity (Wildman–Crippen MR) is 122 cm³/mol. The van der Waals surface area contributed by atoms with Gasteiger partial charge in [-0.15, -0.1) is 0 Å². The van der Waals surface area contributed by atoms with Gasteiger partial charge >= 0.3 is 12.3 Å². The highest BCUT2D eigenvalue weighted by molar-refractivity contribution is 7.91. The van der Waals surface area contributed by atoms with Crippen LogP contribution in [-0.2, 0) is 30.8 Å². The number of alkyl halides is 3. The normalized spacial score (nSPS) is 13.8. The molecule has 0 spiro atoms. The minimum atomic E-state index is -5.08. The molecule has 1 unspecified atom stereocenters. The zero-order valence-corrected chi connectivity index (χ0v) is 21.1. The van der Waals surface area contributed by atoms with Crippen LogP contribution >= 0.6 is 0 Å². The van der Waals surface area contributed by atoms with Gasteiger partial charge < -0.3 is 10.1 Å². The molecular weight excluding hydrogens is 509 g/mol. The number of hydrogen-bond donors (Lipinski definition) is 2. The van der Waals surface area contributed by atoms with Gasteiger partial charge in [-0.2, -0.15) is 13.2 Å². The van der Waals surface area contributed by atoms with Crippen LogP contribution in [0.15, 0.2) is 63.2 Å². The van der Waals surface area contributed by atoms with Crippen LogP contribution in [0.1, 0.15) is 33.3 Å². The van der Waals surface area contributed by atoms with Gasteiger partial charge in [0.2, 0.25) is 19.9 Å². The van der Waals surface area contributed by atoms with E-state index in [0.29, 0.717) is 18.2 Å². The van der Waals surface area contributed by atoms with E-state index in [-0.39, 0.29) is 16.9 Å². The first-order valence-corrected chi connectivity index (χ1v) is 13.4. The summed E-state index contributed by atoms with van der Waals surface area (Å²) in [7, 11) is -9.14. The lowest BCUT2D eigenvalue weighted by molar-refractivity contribution is -0.139. The van der Waals surface area contributed by atoms with E-state index < -0.39 is 60.1 Å². The highest BCUT2D eigenvalue weighted by atomic mass is 32.2. The van der Waals surface area contributed by atoms with Crippen molar-refractivity contribution in [1.82, 2.24) is 10.0 Å². The third kappa shape index (κ3) is 7.94. The van der Waals surface area contributed by atoms with Crippen LogP contribution in [0.25, 0.3) is 0 Å². The predicted octanol–water partition coefficient (Wildman–Crippen LogP) is 3.98. The number of amides is 1. The highest BCUT2D eigenvalue weighted by Gasteiger charge is 2.38. The Balaban J connectivity index is 2.31. The first kappa shape index (κ1) is 28.6. The summed E-state index contributed by atoms with van der Waals surface area (Å²) in [5.74, 6) is 0. The summed E-state index contributed by atoms with van der Waals surface area (Å²) in [4.78, 5) is 9.75. The minimum Gasteiger partial charge on any atom is -0.445 e. The topological polar surface area (TPSA) is 119 Å². The van der Waals surface area contributed by atoms with Crippen LogP contribution in [0.4, 0.5) is 18.0 Å². The van der Waals surface area contributed by atoms with Gasteiger partial charge in [-0.3, -0.25) is 0 Å². The monoisotopic (exact) mass is 536 g/mol. The average molecular weight is 537 g/mol. The first-order chi connectivity index (χ1) is 15.9. The lowest BCUT2D eigenvalue weighted by Crippen LogP contribution is -2.38. The van der Waals surface area contributed by atoms with Gasteiger partial charge in [0.1, 0.15) is 6.10 Å². The molecule has 0 aliphatic heterocycles. The van der Waals surface area contributed by atoms with E-state index >= 15 is 0 Å². The summed E-state index contributed by atoms with van der Waals surface area (Å²) >= 11 is 0. The zero-order chi connectivity index (χ0) is 26.7. The summed E-state index contributed by atoms with van der Waals surface area (Å²) in [6.45, 7) is 6.69. The second-order valence-corrected chi connectivity index (χ2v) is 12.6. The lowest BCUT2D eigenvalue weighted by Gasteiger charge is -2.20. The number of hydrogen-bond acceptors (Lipinski definition) is 6. The van der Waals surface area contributed by atoms with Crippen LogP contribution in [0.5, 0.6) is 0 Å². The number of halogens is 3. The van der Waals surface area contributed by atoms with Crippen LogP contribution in [0.3, 0.4) is 0 Å². The highest BCUT2D eigenvalue weighted by Crippen LogP contribution is 2.36. The molecule has 0 fully saturated rings. The van der Waals surface area contributed by atoms with Gasteiger partial charge in [0.25, 0.3) is 0 Å². The number of alkyl carbamates (subject to hydrolysis) is 1. The molecule has 0 radical (unpaired) electrons. The van der Waals surface area contributed by atoms with Crippen LogP contribution in [0, 0.1) is 5.41 Å². The first-order valence-electron chi connectivity index (χ1n) is 10.4. The molecule has 2 N–H and O–H groups in total. The smallest absolute Gasteiger partial charge is 0.417 e. The average Bonchev–Trinajstić information content (AvgIpc) is 2.75. The second kappa shape index (κ2) is 10.5. The van der Waals surface area contributed by atoms with Crippen molar-refractivity contribution in [2.24, 2.45) is 5.41 Å². The lowest BCUT2D eigenvalue weighted by atomic mass is 9.97. The Morgan fingerprint density at radius 2 is 1.57 bits per heavy atom. The minimum absolute atomic E-state index is 0.209. The molecule has 194 valence electrons. The number of rotatable bonds is 8. The van der Waals surface area contributed by atoms with Crippen LogP contribution < -0.4 is 10.0 Å². The van der Waals surface area contributed by atoms with E-state index in [4.69, 9.17) is 4.74 Å². The van der Waals surface area contributed by atoms with Crippen molar-refractivity contribution in [3.8, 4) is 0 Å². The van der Waals surface area contributed by atoms with E-state index in [2.05, 4.69) is 5.32 Å². The maximum absolute atomic E-state index is 13.6. The molecule has 2 rings (SSSR count). The summed E-state index contributed by atoms with van der Waals surface area (Å²) in [5.41, 5.74) is -1.77. The van der Waals surface area contributed by atoms with Crippen LogP contribution in [-0.4, -0.2) is 42.1 Å². The molecule has 0 aromatic heterocycles. The fraction of sp³-hybridized carbons (Fsp3) is 0.409. The number of carbonyl (C=O) groups excluding carboxylic acids is 1. The molecule has 0 saturated heterocycles. The van der Waals surface area contributed by atoms with Gasteiger partial charge in [-0.25, -0.2) is 26.4 Å². The Hall–Kier alpha value is -2.64. The number of sulfonamides is 1. The molecule has 0 aliphatic rings. The SMILES string of the molecule is CC(CNS(=O)(=O)c1cc(S(=O)(=O)c2ccccc2)ccc1C(F)(F)F)OC(=O)NCC(C)(C)C. The zero-order valence-electron chi connectivity index (χ0n) is 19.5. The number of nitrogens with one attached hydrogen (secondary N) is 2. The molecule has 0 heterocycles. The summed E-state index contributed by atoms with van der Waals surface area (Å²) in [5, 5.41) is 2.50. The fourth-order valence-corrected chi connectivity index (χ4v) is 5.52. The van der Waals surface area contributed by atoms with E-state index in [1.807, 2.05) is 25.5 Å². The number of benzene rings is 2. The van der Waals surface area contributed by atoms with Gasteiger partial charge in [0, 0.05) is 13.1 Å². The Bertz CT molecular complexity index is 1260. The van der Waals surface area contributed by atoms with Crippen molar-refractivity contribution in [3.05, 3.63) is 54.1 Å². The Labute approximate surface area is 202 Å². The van der Waals surface area contributed by atoms with Crippen molar-refractivity contribution in [1.29, 1.82) is 0 Å². The van der Waals surface area contributed by atoms with Crippen molar-refractivity contribution in [2.75, 3.05) is 13.1 Å². The quantitative estimate of drug-likeness (QED) is 0.527. The van der Waals surface area contributed by atoms with Crippen molar-refractivity contribution in [2.45, 2.75) is 54.7 Å². The van der Waals surface area contributed by atoms with E-state index in [1.54, 1.807) is 6.07 Å². The third-order valence-corrected chi connectivity index (χ3v) is 7.77. The molecule has 1 amide bonds. The summed E-state index contributed by atoms with van der Waals surface area (Å²) < 4.78 is 98.9. The van der Waals surface area contributed by atoms with Crippen molar-refractivity contribution >= 4 is 26.0 Å². The molecule has 35 heavy (non-hydrogen) atoms. The molecule has 0 saturated carbocycles. The van der Waals surface area contributed by atoms with Gasteiger partial charge in [-0.05, 0) is 42.7 Å². The van der Waals surface area contributed by atoms with Crippen molar-refractivity contribution < 1.29 is 39.5 Å². The standard InChI is InChI=1S/C22H27F3N2O6S2/c1-15(33-20(28)26-14-21(2,3)4)13-27-35(31,32)19-12-17(10-11-18(19)22(23,24)25)34(29,30)16-8-6-5-7-9-16/h5-12,15,27H,13-14H2,1-4H3,(H,26,28). The maximum atomic E-state index is 13.6. The van der Waals surface area contributed by atoms with E-state index in [9.17, 15) is 34.8 Å². The molecule has 0 aliphatic carbocycles. The Morgan fingerprint density at radius 3 is 2.11 bits per heavy atom. The second-order valence-electron chi connectivity index (χ2n) is 8.95. The third-order valence-electron chi connectivity index (χ3n) is 4.54. The molecule has 2 aromatic rings. The Kier molecular flexibility index (Phi) is 8.61. The molecule has 1 atom stereocenters. The van der Waals surface area contributed by atoms with E-state index in [0.717, 1.165) is 0 Å². The van der Waals surface area contributed by atoms with Crippen molar-refractivity contribution in [3.63, 3.8) is 0 Å². The maximum Gasteiger partial charge on any atom is 0.417 e. The van der Waals surface area contributed by atoms with Crippen LogP contribution in [0.2, 0.25) is 0 Å². The molecule has 13 heteroatoms. The molecule has 2 aromatic carbocycles. The van der Waals surface area contributed by atoms with Gasteiger partial charge in [0.15, 0.2) is 0 Å².